The number of piperazine rings is 1. The van der Waals surface area contributed by atoms with Crippen LogP contribution < -0.4 is 15.1 Å². The van der Waals surface area contributed by atoms with Gasteiger partial charge in [-0.1, -0.05) is 18.2 Å². The molecular formula is C25H26FN7. The zero-order valence-electron chi connectivity index (χ0n) is 18.4. The largest absolute Gasteiger partial charge is 0.354 e. The number of nitrogens with zero attached hydrogens (tertiary/aromatic N) is 6. The van der Waals surface area contributed by atoms with Gasteiger partial charge in [0.25, 0.3) is 0 Å². The Balaban J connectivity index is 1.47. The summed E-state index contributed by atoms with van der Waals surface area (Å²) in [5.41, 5.74) is 3.48. The molecule has 2 aliphatic heterocycles. The third kappa shape index (κ3) is 3.70. The minimum atomic E-state index is -0.207. The summed E-state index contributed by atoms with van der Waals surface area (Å²) in [7, 11) is 0. The Morgan fingerprint density at radius 1 is 0.939 bits per heavy atom. The van der Waals surface area contributed by atoms with Gasteiger partial charge in [0.1, 0.15) is 17.3 Å². The predicted octanol–water partition coefficient (Wildman–Crippen LogP) is 3.68. The SMILES string of the molecule is Fc1cccc(C2CCCN2c2nc3cccnn3c2-c2cccc(N3CCNCC3)n2)c1. The summed E-state index contributed by atoms with van der Waals surface area (Å²) in [6, 6.07) is 17.0. The molecule has 1 atom stereocenters. The molecule has 7 nitrogen and oxygen atoms in total. The number of hydrogen-bond acceptors (Lipinski definition) is 6. The van der Waals surface area contributed by atoms with Crippen LogP contribution in [0.3, 0.4) is 0 Å². The number of nitrogens with one attached hydrogen (secondary N) is 1. The summed E-state index contributed by atoms with van der Waals surface area (Å²) < 4.78 is 15.9. The number of pyridine rings is 1. The van der Waals surface area contributed by atoms with Crippen molar-refractivity contribution in [3.05, 3.63) is 72.2 Å². The van der Waals surface area contributed by atoms with Crippen molar-refractivity contribution in [2.75, 3.05) is 42.5 Å². The van der Waals surface area contributed by atoms with Gasteiger partial charge < -0.3 is 15.1 Å². The lowest BCUT2D eigenvalue weighted by Gasteiger charge is -2.29. The zero-order chi connectivity index (χ0) is 22.2. The lowest BCUT2D eigenvalue weighted by molar-refractivity contribution is 0.585. The maximum atomic E-state index is 14.0. The number of aromatic nitrogens is 4. The number of hydrogen-bond donors (Lipinski definition) is 1. The molecule has 6 rings (SSSR count). The normalized spacial score (nSPS) is 18.9. The van der Waals surface area contributed by atoms with Crippen molar-refractivity contribution < 1.29 is 4.39 Å². The third-order valence-electron chi connectivity index (χ3n) is 6.55. The smallest absolute Gasteiger partial charge is 0.159 e. The summed E-state index contributed by atoms with van der Waals surface area (Å²) in [4.78, 5) is 14.6. The molecule has 0 aliphatic carbocycles. The Hall–Kier alpha value is -3.52. The molecule has 0 radical (unpaired) electrons. The number of anilines is 2. The molecule has 0 saturated carbocycles. The second-order valence-electron chi connectivity index (χ2n) is 8.60. The number of halogens is 1. The van der Waals surface area contributed by atoms with Crippen molar-refractivity contribution in [1.29, 1.82) is 0 Å². The monoisotopic (exact) mass is 443 g/mol. The van der Waals surface area contributed by atoms with Gasteiger partial charge in [0.2, 0.25) is 0 Å². The van der Waals surface area contributed by atoms with Crippen molar-refractivity contribution >= 4 is 17.3 Å². The molecule has 1 aromatic carbocycles. The predicted molar refractivity (Wildman–Crippen MR) is 127 cm³/mol. The lowest BCUT2D eigenvalue weighted by Crippen LogP contribution is -2.43. The molecule has 5 heterocycles. The first-order valence-corrected chi connectivity index (χ1v) is 11.6. The molecule has 0 bridgehead atoms. The van der Waals surface area contributed by atoms with Gasteiger partial charge in [0.05, 0.1) is 11.7 Å². The maximum absolute atomic E-state index is 14.0. The molecule has 0 amide bonds. The van der Waals surface area contributed by atoms with Crippen LogP contribution in [0.1, 0.15) is 24.4 Å². The van der Waals surface area contributed by atoms with E-state index in [4.69, 9.17) is 9.97 Å². The van der Waals surface area contributed by atoms with E-state index in [0.29, 0.717) is 0 Å². The fourth-order valence-electron chi connectivity index (χ4n) is 5.01. The van der Waals surface area contributed by atoms with Crippen LogP contribution in [-0.2, 0) is 0 Å². The van der Waals surface area contributed by atoms with E-state index in [9.17, 15) is 4.39 Å². The van der Waals surface area contributed by atoms with Crippen LogP contribution in [-0.4, -0.2) is 52.3 Å². The molecule has 0 spiro atoms. The van der Waals surface area contributed by atoms with Crippen molar-refractivity contribution in [2.24, 2.45) is 0 Å². The minimum Gasteiger partial charge on any atom is -0.354 e. The second kappa shape index (κ2) is 8.44. The molecule has 2 fully saturated rings. The van der Waals surface area contributed by atoms with Crippen molar-refractivity contribution in [2.45, 2.75) is 18.9 Å². The van der Waals surface area contributed by atoms with E-state index >= 15 is 0 Å². The molecule has 1 N–H and O–H groups in total. The summed E-state index contributed by atoms with van der Waals surface area (Å²) in [6.07, 6.45) is 3.75. The minimum absolute atomic E-state index is 0.0701. The van der Waals surface area contributed by atoms with Crippen LogP contribution in [0.25, 0.3) is 17.0 Å². The standard InChI is InChI=1S/C25H26FN7/c26-19-6-1-5-18(17-19)21-8-4-14-32(21)25-24(33-23(30-25)10-3-11-28-33)20-7-2-9-22(29-20)31-15-12-27-13-16-31/h1-3,5-7,9-11,17,21,27H,4,8,12-16H2. The molecule has 3 aromatic heterocycles. The van der Waals surface area contributed by atoms with Gasteiger partial charge >= 0.3 is 0 Å². The van der Waals surface area contributed by atoms with E-state index in [-0.39, 0.29) is 11.9 Å². The highest BCUT2D eigenvalue weighted by Gasteiger charge is 2.32. The number of benzene rings is 1. The number of imidazole rings is 1. The van der Waals surface area contributed by atoms with E-state index in [2.05, 4.69) is 32.3 Å². The molecule has 2 aliphatic rings. The Labute approximate surface area is 191 Å². The van der Waals surface area contributed by atoms with Crippen LogP contribution >= 0.6 is 0 Å². The van der Waals surface area contributed by atoms with Crippen LogP contribution in [0.4, 0.5) is 16.0 Å². The Bertz CT molecular complexity index is 1280. The molecule has 33 heavy (non-hydrogen) atoms. The highest BCUT2D eigenvalue weighted by molar-refractivity contribution is 5.76. The molecule has 168 valence electrons. The molecule has 1 unspecified atom stereocenters. The van der Waals surface area contributed by atoms with Gasteiger partial charge in [-0.15, -0.1) is 0 Å². The zero-order valence-corrected chi connectivity index (χ0v) is 18.4. The second-order valence-corrected chi connectivity index (χ2v) is 8.60. The fraction of sp³-hybridized carbons (Fsp3) is 0.320. The van der Waals surface area contributed by atoms with Crippen LogP contribution in [0.15, 0.2) is 60.8 Å². The van der Waals surface area contributed by atoms with Crippen molar-refractivity contribution in [1.82, 2.24) is 24.9 Å². The fourth-order valence-corrected chi connectivity index (χ4v) is 5.01. The number of fused-ring (bicyclic) bond motifs is 1. The van der Waals surface area contributed by atoms with Gasteiger partial charge in [0.15, 0.2) is 11.5 Å². The van der Waals surface area contributed by atoms with Crippen molar-refractivity contribution in [3.8, 4) is 11.4 Å². The highest BCUT2D eigenvalue weighted by atomic mass is 19.1. The molecule has 4 aromatic rings. The van der Waals surface area contributed by atoms with Gasteiger partial charge in [0, 0.05) is 38.9 Å². The quantitative estimate of drug-likeness (QED) is 0.519. The summed E-state index contributed by atoms with van der Waals surface area (Å²) in [6.45, 7) is 4.63. The maximum Gasteiger partial charge on any atom is 0.159 e. The van der Waals surface area contributed by atoms with E-state index in [0.717, 1.165) is 79.8 Å². The van der Waals surface area contributed by atoms with Gasteiger partial charge in [-0.05, 0) is 54.8 Å². The first-order valence-electron chi connectivity index (χ1n) is 11.6. The lowest BCUT2D eigenvalue weighted by atomic mass is 10.0. The Kier molecular flexibility index (Phi) is 5.14. The summed E-state index contributed by atoms with van der Waals surface area (Å²) in [5.74, 6) is 1.61. The molecular weight excluding hydrogens is 417 g/mol. The molecule has 8 heteroatoms. The van der Waals surface area contributed by atoms with Crippen LogP contribution in [0, 0.1) is 5.82 Å². The van der Waals surface area contributed by atoms with E-state index < -0.39 is 0 Å². The third-order valence-corrected chi connectivity index (χ3v) is 6.55. The Morgan fingerprint density at radius 2 is 1.82 bits per heavy atom. The topological polar surface area (TPSA) is 61.6 Å². The molecule has 2 saturated heterocycles. The highest BCUT2D eigenvalue weighted by Crippen LogP contribution is 2.40. The number of rotatable bonds is 4. The van der Waals surface area contributed by atoms with Gasteiger partial charge in [-0.2, -0.15) is 5.10 Å². The summed E-state index contributed by atoms with van der Waals surface area (Å²) >= 11 is 0. The first-order chi connectivity index (χ1) is 16.3. The average molecular weight is 444 g/mol. The van der Waals surface area contributed by atoms with Crippen LogP contribution in [0.5, 0.6) is 0 Å². The van der Waals surface area contributed by atoms with E-state index in [1.807, 2.05) is 28.8 Å². The van der Waals surface area contributed by atoms with E-state index in [1.165, 1.54) is 6.07 Å². The van der Waals surface area contributed by atoms with Crippen molar-refractivity contribution in [3.63, 3.8) is 0 Å². The van der Waals surface area contributed by atoms with E-state index in [1.54, 1.807) is 18.3 Å². The van der Waals surface area contributed by atoms with Gasteiger partial charge in [-0.3, -0.25) is 0 Å². The van der Waals surface area contributed by atoms with Crippen LogP contribution in [0.2, 0.25) is 0 Å². The first kappa shape index (κ1) is 20.1. The van der Waals surface area contributed by atoms with Gasteiger partial charge in [-0.25, -0.2) is 18.9 Å². The average Bonchev–Trinajstić information content (AvgIpc) is 3.49. The Morgan fingerprint density at radius 3 is 2.70 bits per heavy atom. The summed E-state index contributed by atoms with van der Waals surface area (Å²) in [5, 5.41) is 8.00.